The Balaban J connectivity index is 1.45. The van der Waals surface area contributed by atoms with E-state index in [4.69, 9.17) is 18.9 Å². The summed E-state index contributed by atoms with van der Waals surface area (Å²) in [5.41, 5.74) is 0.103. The number of carbonyl (C=O) groups is 1. The van der Waals surface area contributed by atoms with Gasteiger partial charge >= 0.3 is 6.09 Å². The van der Waals surface area contributed by atoms with E-state index >= 15 is 0 Å². The predicted molar refractivity (Wildman–Crippen MR) is 179 cm³/mol. The molecule has 49 heavy (non-hydrogen) atoms. The number of aliphatic hydroxyl groups excluding tert-OH is 1. The van der Waals surface area contributed by atoms with E-state index in [1.807, 2.05) is 44.2 Å². The molecular formula is C33H47N3O11S2. The molecule has 3 heterocycles. The van der Waals surface area contributed by atoms with Crippen LogP contribution in [0.15, 0.2) is 53.4 Å². The fraction of sp³-hybridized carbons (Fsp3) is 0.606. The average molecular weight is 726 g/mol. The highest BCUT2D eigenvalue weighted by Gasteiger charge is 2.49. The van der Waals surface area contributed by atoms with Crippen molar-refractivity contribution in [2.45, 2.75) is 75.8 Å². The molecule has 0 unspecified atom stereocenters. The van der Waals surface area contributed by atoms with Crippen molar-refractivity contribution in [2.24, 2.45) is 11.3 Å². The van der Waals surface area contributed by atoms with Crippen LogP contribution in [0, 0.1) is 11.3 Å². The highest BCUT2D eigenvalue weighted by Crippen LogP contribution is 2.38. The van der Waals surface area contributed by atoms with Crippen molar-refractivity contribution >= 4 is 26.1 Å². The molecule has 16 heteroatoms. The summed E-state index contributed by atoms with van der Waals surface area (Å²) in [5, 5.41) is 22.7. The first kappa shape index (κ1) is 37.3. The van der Waals surface area contributed by atoms with Crippen molar-refractivity contribution in [2.75, 3.05) is 45.4 Å². The Bertz CT molecular complexity index is 1660. The lowest BCUT2D eigenvalue weighted by molar-refractivity contribution is -0.0906. The van der Waals surface area contributed by atoms with Gasteiger partial charge in [0.15, 0.2) is 17.8 Å². The van der Waals surface area contributed by atoms with Gasteiger partial charge in [0.25, 0.3) is 0 Å². The van der Waals surface area contributed by atoms with Crippen LogP contribution in [0.2, 0.25) is 0 Å². The van der Waals surface area contributed by atoms with E-state index in [2.05, 4.69) is 4.72 Å². The number of nitrogens with one attached hydrogen (secondary N) is 1. The van der Waals surface area contributed by atoms with Gasteiger partial charge in [-0.2, -0.15) is 4.31 Å². The van der Waals surface area contributed by atoms with Crippen LogP contribution in [0.3, 0.4) is 0 Å². The van der Waals surface area contributed by atoms with Gasteiger partial charge in [-0.15, -0.1) is 0 Å². The standard InChI is InChI=1S/C33H47N3O11S2/c1-4-48(40,41)34-15-8-14-33(2,3)21-35(49(42,43)24-11-12-29-30(18-24)47-22-46-29)19-28(37)26(17-23-9-6-5-7-10-23)36(32(38)39)27-20-45-31-25(27)13-16-44-31/h5-7,9-12,18,25-28,31,34,37H,4,8,13-17,19-22H2,1-3H3,(H,38,39)/t25-,26-,27-,28+,31+/m0/s1. The summed E-state index contributed by atoms with van der Waals surface area (Å²) in [6.45, 7) is 5.51. The maximum absolute atomic E-state index is 14.4. The largest absolute Gasteiger partial charge is 0.465 e. The number of hydrogen-bond donors (Lipinski definition) is 3. The van der Waals surface area contributed by atoms with Crippen LogP contribution in [0.4, 0.5) is 4.79 Å². The normalized spacial score (nSPS) is 21.9. The van der Waals surface area contributed by atoms with Crippen LogP contribution in [0.1, 0.15) is 45.6 Å². The number of ether oxygens (including phenoxy) is 4. The maximum atomic E-state index is 14.4. The molecule has 272 valence electrons. The average Bonchev–Trinajstić information content (AvgIpc) is 3.81. The number of aliphatic hydroxyl groups is 1. The highest BCUT2D eigenvalue weighted by molar-refractivity contribution is 7.89. The number of fused-ring (bicyclic) bond motifs is 2. The Morgan fingerprint density at radius 1 is 1.06 bits per heavy atom. The zero-order chi connectivity index (χ0) is 35.4. The summed E-state index contributed by atoms with van der Waals surface area (Å²) < 4.78 is 78.7. The van der Waals surface area contributed by atoms with Crippen LogP contribution >= 0.6 is 0 Å². The minimum atomic E-state index is -4.28. The van der Waals surface area contributed by atoms with Gasteiger partial charge in [0, 0.05) is 31.6 Å². The Labute approximate surface area is 288 Å². The molecule has 0 spiro atoms. The molecule has 14 nitrogen and oxygen atoms in total. The van der Waals surface area contributed by atoms with Crippen LogP contribution in [0.5, 0.6) is 11.5 Å². The van der Waals surface area contributed by atoms with E-state index in [1.54, 1.807) is 6.92 Å². The number of carboxylic acid groups (broad SMARTS) is 1. The van der Waals surface area contributed by atoms with Gasteiger partial charge in [0.2, 0.25) is 26.8 Å². The van der Waals surface area contributed by atoms with Crippen molar-refractivity contribution in [3.8, 4) is 11.5 Å². The molecule has 3 aliphatic rings. The van der Waals surface area contributed by atoms with Crippen LogP contribution in [-0.4, -0.2) is 112 Å². The Morgan fingerprint density at radius 3 is 2.51 bits per heavy atom. The summed E-state index contributed by atoms with van der Waals surface area (Å²) in [5.74, 6) is 0.416. The van der Waals surface area contributed by atoms with Crippen LogP contribution < -0.4 is 14.2 Å². The summed E-state index contributed by atoms with van der Waals surface area (Å²) in [7, 11) is -7.66. The van der Waals surface area contributed by atoms with Crippen LogP contribution in [0.25, 0.3) is 0 Å². The lowest BCUT2D eigenvalue weighted by atomic mass is 9.87. The van der Waals surface area contributed by atoms with Crippen LogP contribution in [-0.2, 0) is 35.9 Å². The Hall–Kier alpha value is -2.99. The molecule has 0 aliphatic carbocycles. The smallest absolute Gasteiger partial charge is 0.407 e. The molecule has 0 bridgehead atoms. The summed E-state index contributed by atoms with van der Waals surface area (Å²) >= 11 is 0. The first-order valence-corrected chi connectivity index (χ1v) is 19.6. The van der Waals surface area contributed by atoms with Gasteiger partial charge in [-0.25, -0.2) is 26.4 Å². The molecule has 1 amide bonds. The molecule has 2 saturated heterocycles. The summed E-state index contributed by atoms with van der Waals surface area (Å²) in [6, 6.07) is 11.8. The van der Waals surface area contributed by atoms with Gasteiger partial charge in [0.1, 0.15) is 0 Å². The number of amides is 1. The Kier molecular flexibility index (Phi) is 11.8. The molecule has 2 aromatic carbocycles. The second-order valence-corrected chi connectivity index (χ2v) is 17.5. The molecule has 5 rings (SSSR count). The molecule has 2 aromatic rings. The number of rotatable bonds is 17. The number of sulfonamides is 2. The lowest BCUT2D eigenvalue weighted by Gasteiger charge is -2.40. The minimum Gasteiger partial charge on any atom is -0.465 e. The van der Waals surface area contributed by atoms with E-state index in [0.29, 0.717) is 31.6 Å². The van der Waals surface area contributed by atoms with E-state index in [9.17, 15) is 31.8 Å². The Morgan fingerprint density at radius 2 is 1.80 bits per heavy atom. The maximum Gasteiger partial charge on any atom is 0.407 e. The molecule has 2 fully saturated rings. The van der Waals surface area contributed by atoms with Crippen molar-refractivity contribution in [3.05, 3.63) is 54.1 Å². The minimum absolute atomic E-state index is 0.0416. The van der Waals surface area contributed by atoms with E-state index < -0.39 is 62.6 Å². The molecular weight excluding hydrogens is 679 g/mol. The van der Waals surface area contributed by atoms with Gasteiger partial charge in [0.05, 0.1) is 42.0 Å². The van der Waals surface area contributed by atoms with Crippen molar-refractivity contribution in [1.29, 1.82) is 0 Å². The summed E-state index contributed by atoms with van der Waals surface area (Å²) in [4.78, 5) is 14.2. The molecule has 0 aromatic heterocycles. The van der Waals surface area contributed by atoms with E-state index in [-0.39, 0.29) is 55.2 Å². The third kappa shape index (κ3) is 9.03. The topological polar surface area (TPSA) is 181 Å². The third-order valence-corrected chi connectivity index (χ3v) is 12.6. The highest BCUT2D eigenvalue weighted by atomic mass is 32.2. The monoisotopic (exact) mass is 725 g/mol. The predicted octanol–water partition coefficient (Wildman–Crippen LogP) is 2.87. The van der Waals surface area contributed by atoms with E-state index in [0.717, 1.165) is 5.56 Å². The SMILES string of the molecule is CCS(=O)(=O)NCCCC(C)(C)CN(C[C@@H](O)[C@H](Cc1ccccc1)N(C(=O)O)[C@H]1CO[C@H]2OCC[C@H]21)S(=O)(=O)c1ccc2c(c1)OCO2. The van der Waals surface area contributed by atoms with Gasteiger partial charge in [-0.3, -0.25) is 4.90 Å². The molecule has 0 saturated carbocycles. The number of nitrogens with zero attached hydrogens (tertiary/aromatic N) is 2. The first-order chi connectivity index (χ1) is 23.2. The second-order valence-electron chi connectivity index (χ2n) is 13.5. The van der Waals surface area contributed by atoms with Crippen molar-refractivity contribution in [3.63, 3.8) is 0 Å². The van der Waals surface area contributed by atoms with E-state index in [1.165, 1.54) is 27.4 Å². The third-order valence-electron chi connectivity index (χ3n) is 9.38. The zero-order valence-corrected chi connectivity index (χ0v) is 29.7. The molecule has 3 N–H and O–H groups in total. The van der Waals surface area contributed by atoms with Gasteiger partial charge < -0.3 is 29.2 Å². The fourth-order valence-corrected chi connectivity index (χ4v) is 9.07. The second kappa shape index (κ2) is 15.5. The fourth-order valence-electron chi connectivity index (χ4n) is 6.75. The molecule has 0 radical (unpaired) electrons. The number of benzene rings is 2. The summed E-state index contributed by atoms with van der Waals surface area (Å²) in [6.07, 6.45) is -1.61. The molecule has 5 atom stereocenters. The van der Waals surface area contributed by atoms with Gasteiger partial charge in [-0.05, 0) is 55.7 Å². The lowest BCUT2D eigenvalue weighted by Crippen LogP contribution is -2.58. The number of hydrogen-bond acceptors (Lipinski definition) is 10. The van der Waals surface area contributed by atoms with Crippen molar-refractivity contribution in [1.82, 2.24) is 13.9 Å². The first-order valence-electron chi connectivity index (χ1n) is 16.5. The quantitative estimate of drug-likeness (QED) is 0.204. The van der Waals surface area contributed by atoms with Crippen molar-refractivity contribution < 1.29 is 50.8 Å². The molecule has 3 aliphatic heterocycles. The van der Waals surface area contributed by atoms with Gasteiger partial charge in [-0.1, -0.05) is 44.2 Å². The zero-order valence-electron chi connectivity index (χ0n) is 28.1.